The van der Waals surface area contributed by atoms with E-state index in [1.165, 1.54) is 12.1 Å². The molecule has 0 bridgehead atoms. The van der Waals surface area contributed by atoms with E-state index >= 15 is 0 Å². The second-order valence-electron chi connectivity index (χ2n) is 4.99. The van der Waals surface area contributed by atoms with Crippen molar-refractivity contribution in [3.05, 3.63) is 29.8 Å². The molecule has 0 aliphatic rings. The van der Waals surface area contributed by atoms with Gasteiger partial charge in [0.05, 0.1) is 24.2 Å². The molecule has 2 aromatic rings. The van der Waals surface area contributed by atoms with Crippen LogP contribution in [0.1, 0.15) is 5.82 Å². The second-order valence-corrected chi connectivity index (χ2v) is 4.99. The topological polar surface area (TPSA) is 68.2 Å². The highest BCUT2D eigenvalue weighted by atomic mass is 35.5. The van der Waals surface area contributed by atoms with E-state index in [0.717, 1.165) is 16.9 Å². The summed E-state index contributed by atoms with van der Waals surface area (Å²) in [7, 11) is 3.46. The summed E-state index contributed by atoms with van der Waals surface area (Å²) in [6.07, 6.45) is 0.594. The summed E-state index contributed by atoms with van der Waals surface area (Å²) in [4.78, 5) is 16.1. The highest BCUT2D eigenvalue weighted by Gasteiger charge is 2.09. The van der Waals surface area contributed by atoms with Crippen LogP contribution in [0.3, 0.4) is 0 Å². The largest absolute Gasteiger partial charge is 0.383 e. The number of amides is 1. The number of carbonyl (C=O) groups is 1. The third kappa shape index (κ3) is 6.24. The molecular formula is C15H23Cl2FN4O2. The van der Waals surface area contributed by atoms with Gasteiger partial charge in [0, 0.05) is 33.7 Å². The van der Waals surface area contributed by atoms with Gasteiger partial charge in [0.15, 0.2) is 0 Å². The molecule has 2 rings (SSSR count). The number of hydrogen-bond acceptors (Lipinski definition) is 4. The van der Waals surface area contributed by atoms with Crippen molar-refractivity contribution in [2.24, 2.45) is 7.05 Å². The lowest BCUT2D eigenvalue weighted by Gasteiger charge is -2.06. The number of nitrogens with one attached hydrogen (secondary N) is 2. The Morgan fingerprint density at radius 2 is 2.08 bits per heavy atom. The smallest absolute Gasteiger partial charge is 0.233 e. The first-order valence-electron chi connectivity index (χ1n) is 7.19. The maximum Gasteiger partial charge on any atom is 0.233 e. The number of imidazole rings is 1. The Bertz CT molecular complexity index is 652. The quantitative estimate of drug-likeness (QED) is 0.680. The first-order valence-corrected chi connectivity index (χ1v) is 7.19. The molecule has 0 unspecified atom stereocenters. The SMILES string of the molecule is COCCNCC(=O)NCCc1nc2ccc(F)cc2n1C.Cl.Cl. The molecule has 0 saturated heterocycles. The van der Waals surface area contributed by atoms with E-state index < -0.39 is 0 Å². The summed E-state index contributed by atoms with van der Waals surface area (Å²) >= 11 is 0. The number of carbonyl (C=O) groups excluding carboxylic acids is 1. The van der Waals surface area contributed by atoms with Crippen LogP contribution in [0.15, 0.2) is 18.2 Å². The van der Waals surface area contributed by atoms with Crippen molar-refractivity contribution in [1.82, 2.24) is 20.2 Å². The minimum absolute atomic E-state index is 0. The monoisotopic (exact) mass is 380 g/mol. The van der Waals surface area contributed by atoms with Crippen molar-refractivity contribution in [3.63, 3.8) is 0 Å². The third-order valence-electron chi connectivity index (χ3n) is 3.37. The Morgan fingerprint density at radius 1 is 1.33 bits per heavy atom. The summed E-state index contributed by atoms with van der Waals surface area (Å²) in [5.74, 6) is 0.464. The van der Waals surface area contributed by atoms with Crippen LogP contribution < -0.4 is 10.6 Å². The fraction of sp³-hybridized carbons (Fsp3) is 0.467. The summed E-state index contributed by atoms with van der Waals surface area (Å²) in [6.45, 7) is 1.96. The highest BCUT2D eigenvalue weighted by Crippen LogP contribution is 2.16. The van der Waals surface area contributed by atoms with Crippen molar-refractivity contribution >= 4 is 41.8 Å². The van der Waals surface area contributed by atoms with Crippen LogP contribution in [0.5, 0.6) is 0 Å². The average Bonchev–Trinajstić information content (AvgIpc) is 2.80. The lowest BCUT2D eigenvalue weighted by molar-refractivity contribution is -0.120. The van der Waals surface area contributed by atoms with Crippen molar-refractivity contribution in [2.75, 3.05) is 33.4 Å². The number of fused-ring (bicyclic) bond motifs is 1. The summed E-state index contributed by atoms with van der Waals surface area (Å²) in [5.41, 5.74) is 1.51. The Balaban J connectivity index is 0.00000264. The van der Waals surface area contributed by atoms with Gasteiger partial charge in [0.25, 0.3) is 0 Å². The van der Waals surface area contributed by atoms with Gasteiger partial charge in [-0.25, -0.2) is 9.37 Å². The number of benzene rings is 1. The Morgan fingerprint density at radius 3 is 2.79 bits per heavy atom. The second kappa shape index (κ2) is 11.2. The van der Waals surface area contributed by atoms with E-state index in [0.29, 0.717) is 26.1 Å². The number of aromatic nitrogens is 2. The van der Waals surface area contributed by atoms with Crippen molar-refractivity contribution in [1.29, 1.82) is 0 Å². The number of rotatable bonds is 8. The van der Waals surface area contributed by atoms with Crippen LogP contribution in [-0.2, 0) is 23.0 Å². The Kier molecular flexibility index (Phi) is 10.5. The molecule has 0 fully saturated rings. The number of halogens is 3. The molecule has 1 aromatic heterocycles. The molecule has 2 N–H and O–H groups in total. The van der Waals surface area contributed by atoms with Crippen LogP contribution in [-0.4, -0.2) is 48.8 Å². The number of nitrogens with zero attached hydrogens (tertiary/aromatic N) is 2. The van der Waals surface area contributed by atoms with Crippen LogP contribution in [0.2, 0.25) is 0 Å². The number of ether oxygens (including phenoxy) is 1. The van der Waals surface area contributed by atoms with Gasteiger partial charge >= 0.3 is 0 Å². The van der Waals surface area contributed by atoms with E-state index in [4.69, 9.17) is 4.74 Å². The number of aryl methyl sites for hydroxylation is 1. The van der Waals surface area contributed by atoms with Gasteiger partial charge in [-0.1, -0.05) is 0 Å². The molecule has 0 spiro atoms. The van der Waals surface area contributed by atoms with Gasteiger partial charge < -0.3 is 19.9 Å². The molecule has 6 nitrogen and oxygen atoms in total. The molecule has 0 aliphatic heterocycles. The third-order valence-corrected chi connectivity index (χ3v) is 3.37. The van der Waals surface area contributed by atoms with Gasteiger partial charge in [-0.05, 0) is 18.2 Å². The molecule has 0 aliphatic carbocycles. The highest BCUT2D eigenvalue weighted by molar-refractivity contribution is 5.85. The molecule has 1 aromatic carbocycles. The van der Waals surface area contributed by atoms with Crippen LogP contribution in [0, 0.1) is 5.82 Å². The lowest BCUT2D eigenvalue weighted by Crippen LogP contribution is -2.36. The zero-order valence-electron chi connectivity index (χ0n) is 13.7. The van der Waals surface area contributed by atoms with Gasteiger partial charge in [0.2, 0.25) is 5.91 Å². The molecular weight excluding hydrogens is 358 g/mol. The maximum absolute atomic E-state index is 13.2. The molecule has 136 valence electrons. The zero-order valence-corrected chi connectivity index (χ0v) is 15.3. The molecule has 0 saturated carbocycles. The van der Waals surface area contributed by atoms with Gasteiger partial charge in [-0.2, -0.15) is 0 Å². The number of methoxy groups -OCH3 is 1. The molecule has 1 heterocycles. The minimum Gasteiger partial charge on any atom is -0.383 e. The first kappa shape index (κ1) is 22.6. The fourth-order valence-corrected chi connectivity index (χ4v) is 2.19. The minimum atomic E-state index is -0.280. The van der Waals surface area contributed by atoms with E-state index in [1.807, 2.05) is 11.6 Å². The van der Waals surface area contributed by atoms with Gasteiger partial charge in [-0.3, -0.25) is 4.79 Å². The van der Waals surface area contributed by atoms with E-state index in [9.17, 15) is 9.18 Å². The van der Waals surface area contributed by atoms with Crippen molar-refractivity contribution in [3.8, 4) is 0 Å². The Hall–Kier alpha value is -1.41. The molecule has 9 heteroatoms. The van der Waals surface area contributed by atoms with E-state index in [2.05, 4.69) is 15.6 Å². The van der Waals surface area contributed by atoms with Gasteiger partial charge in [0.1, 0.15) is 11.6 Å². The van der Waals surface area contributed by atoms with E-state index in [-0.39, 0.29) is 43.1 Å². The van der Waals surface area contributed by atoms with Crippen LogP contribution in [0.25, 0.3) is 11.0 Å². The summed E-state index contributed by atoms with van der Waals surface area (Å²) in [5, 5.41) is 5.80. The lowest BCUT2D eigenvalue weighted by atomic mass is 10.3. The fourth-order valence-electron chi connectivity index (χ4n) is 2.19. The van der Waals surface area contributed by atoms with Crippen molar-refractivity contribution in [2.45, 2.75) is 6.42 Å². The standard InChI is InChI=1S/C15H21FN4O2.2ClH/c1-20-13-9-11(16)3-4-12(13)19-14(20)5-6-18-15(21)10-17-7-8-22-2;;/h3-4,9,17H,5-8,10H2,1-2H3,(H,18,21);2*1H. The summed E-state index contributed by atoms with van der Waals surface area (Å²) in [6, 6.07) is 4.52. The van der Waals surface area contributed by atoms with Crippen LogP contribution in [0.4, 0.5) is 4.39 Å². The molecule has 1 amide bonds. The predicted molar refractivity (Wildman–Crippen MR) is 96.6 cm³/mol. The van der Waals surface area contributed by atoms with Crippen LogP contribution >= 0.6 is 24.8 Å². The Labute approximate surface area is 153 Å². The molecule has 0 radical (unpaired) electrons. The van der Waals surface area contributed by atoms with Crippen molar-refractivity contribution < 1.29 is 13.9 Å². The average molecular weight is 381 g/mol. The zero-order chi connectivity index (χ0) is 15.9. The molecule has 0 atom stereocenters. The molecule has 24 heavy (non-hydrogen) atoms. The summed E-state index contributed by atoms with van der Waals surface area (Å²) < 4.78 is 20.0. The predicted octanol–water partition coefficient (Wildman–Crippen LogP) is 1.45. The maximum atomic E-state index is 13.2. The van der Waals surface area contributed by atoms with E-state index in [1.54, 1.807) is 13.2 Å². The van der Waals surface area contributed by atoms with Gasteiger partial charge in [-0.15, -0.1) is 24.8 Å². The first-order chi connectivity index (χ1) is 10.6. The normalized spacial score (nSPS) is 10.1. The number of hydrogen-bond donors (Lipinski definition) is 2.